The summed E-state index contributed by atoms with van der Waals surface area (Å²) in [6.07, 6.45) is 35.4. The van der Waals surface area contributed by atoms with E-state index in [9.17, 15) is 9.59 Å². The highest BCUT2D eigenvalue weighted by Gasteiger charge is 2.16. The zero-order valence-electron chi connectivity index (χ0n) is 31.4. The van der Waals surface area contributed by atoms with Gasteiger partial charge in [0.05, 0.1) is 12.2 Å². The van der Waals surface area contributed by atoms with Crippen LogP contribution >= 0.6 is 0 Å². The van der Waals surface area contributed by atoms with E-state index < -0.39 is 0 Å². The lowest BCUT2D eigenvalue weighted by atomic mass is 10.1. The molecule has 0 aromatic heterocycles. The van der Waals surface area contributed by atoms with Crippen LogP contribution in [-0.2, 0) is 0 Å². The summed E-state index contributed by atoms with van der Waals surface area (Å²) in [6, 6.07) is 5.31. The van der Waals surface area contributed by atoms with Gasteiger partial charge in [-0.25, -0.2) is 0 Å². The average molecular weight is 657 g/mol. The van der Waals surface area contributed by atoms with Gasteiger partial charge in [-0.15, -0.1) is 0 Å². The van der Waals surface area contributed by atoms with Crippen molar-refractivity contribution >= 4 is 11.8 Å². The molecule has 0 saturated heterocycles. The first kappa shape index (κ1) is 43.0. The molecule has 0 radical (unpaired) electrons. The van der Waals surface area contributed by atoms with Crippen LogP contribution in [0.4, 0.5) is 0 Å². The molecule has 272 valence electrons. The first-order valence-corrected chi connectivity index (χ1v) is 20.5. The molecule has 0 spiro atoms. The molecule has 0 unspecified atom stereocenters. The number of ether oxygens (including phenoxy) is 1. The summed E-state index contributed by atoms with van der Waals surface area (Å²) in [5, 5.41) is 6.19. The summed E-state index contributed by atoms with van der Waals surface area (Å²) >= 11 is 0. The predicted molar refractivity (Wildman–Crippen MR) is 203 cm³/mol. The summed E-state index contributed by atoms with van der Waals surface area (Å²) in [5.41, 5.74) is 1.09. The van der Waals surface area contributed by atoms with Crippen LogP contribution in [0.1, 0.15) is 221 Å². The van der Waals surface area contributed by atoms with Crippen LogP contribution in [0.25, 0.3) is 0 Å². The van der Waals surface area contributed by atoms with Crippen LogP contribution in [0.15, 0.2) is 18.2 Å². The molecular weight excluding hydrogens is 580 g/mol. The third-order valence-electron chi connectivity index (χ3n) is 9.38. The monoisotopic (exact) mass is 657 g/mol. The van der Waals surface area contributed by atoms with Crippen LogP contribution in [0.3, 0.4) is 0 Å². The Balaban J connectivity index is 2.49. The Labute approximate surface area is 291 Å². The average Bonchev–Trinajstić information content (AvgIpc) is 3.08. The summed E-state index contributed by atoms with van der Waals surface area (Å²) < 4.78 is 6.17. The predicted octanol–water partition coefficient (Wildman–Crippen LogP) is 12.5. The summed E-state index contributed by atoms with van der Waals surface area (Å²) in [5.74, 6) is 0.333. The summed E-state index contributed by atoms with van der Waals surface area (Å²) in [4.78, 5) is 26.1. The maximum absolute atomic E-state index is 13.2. The molecule has 0 heterocycles. The van der Waals surface area contributed by atoms with Crippen molar-refractivity contribution < 1.29 is 14.3 Å². The second-order valence-electron chi connectivity index (χ2n) is 13.9. The SMILES string of the molecule is CCCCCCCCCCCCNC(=O)c1ccc(C(=O)NCCCCCCCCCCCC)c(OCCCCCCCCCC)c1. The third kappa shape index (κ3) is 24.7. The van der Waals surface area contributed by atoms with Crippen LogP contribution < -0.4 is 15.4 Å². The Morgan fingerprint density at radius 2 is 0.830 bits per heavy atom. The number of hydrogen-bond donors (Lipinski definition) is 2. The molecule has 0 aliphatic heterocycles. The van der Waals surface area contributed by atoms with Crippen LogP contribution in [0.2, 0.25) is 0 Å². The summed E-state index contributed by atoms with van der Waals surface area (Å²) in [6.45, 7) is 8.70. The molecule has 2 amide bonds. The minimum absolute atomic E-state index is 0.0878. The van der Waals surface area contributed by atoms with E-state index in [2.05, 4.69) is 31.4 Å². The standard InChI is InChI=1S/C42H76N2O3/c1-4-7-10-13-16-19-21-23-26-29-34-43-41(45)38-32-33-39(40(37-38)47-36-31-28-25-18-15-12-9-6-3)42(46)44-35-30-27-24-22-20-17-14-11-8-5-2/h32-33,37H,4-31,34-36H2,1-3H3,(H,43,45)(H,44,46). The molecular formula is C42H76N2O3. The molecule has 0 atom stereocenters. The number of benzene rings is 1. The molecule has 5 heteroatoms. The maximum Gasteiger partial charge on any atom is 0.255 e. The van der Waals surface area contributed by atoms with Gasteiger partial charge in [-0.3, -0.25) is 9.59 Å². The van der Waals surface area contributed by atoms with E-state index in [1.807, 2.05) is 0 Å². The van der Waals surface area contributed by atoms with Crippen molar-refractivity contribution in [1.29, 1.82) is 0 Å². The van der Waals surface area contributed by atoms with Crippen molar-refractivity contribution in [2.45, 2.75) is 201 Å². The largest absolute Gasteiger partial charge is 0.493 e. The normalized spacial score (nSPS) is 11.1. The van der Waals surface area contributed by atoms with Gasteiger partial charge < -0.3 is 15.4 Å². The van der Waals surface area contributed by atoms with Crippen LogP contribution in [0, 0.1) is 0 Å². The van der Waals surface area contributed by atoms with E-state index in [0.717, 1.165) is 38.5 Å². The van der Waals surface area contributed by atoms with Gasteiger partial charge in [0.15, 0.2) is 0 Å². The lowest BCUT2D eigenvalue weighted by Crippen LogP contribution is -2.26. The van der Waals surface area contributed by atoms with Crippen LogP contribution in [0.5, 0.6) is 5.75 Å². The molecule has 1 aromatic carbocycles. The number of amides is 2. The molecule has 0 fully saturated rings. The lowest BCUT2D eigenvalue weighted by molar-refractivity contribution is 0.0937. The maximum atomic E-state index is 13.2. The minimum atomic E-state index is -0.107. The second-order valence-corrected chi connectivity index (χ2v) is 13.9. The zero-order chi connectivity index (χ0) is 34.0. The topological polar surface area (TPSA) is 67.4 Å². The molecule has 0 aliphatic carbocycles. The van der Waals surface area contributed by atoms with E-state index in [4.69, 9.17) is 4.74 Å². The molecule has 5 nitrogen and oxygen atoms in total. The highest BCUT2D eigenvalue weighted by atomic mass is 16.5. The van der Waals surface area contributed by atoms with Crippen LogP contribution in [-0.4, -0.2) is 31.5 Å². The quantitative estimate of drug-likeness (QED) is 0.0725. The molecule has 0 aliphatic rings. The number of carbonyl (C=O) groups is 2. The Morgan fingerprint density at radius 3 is 1.26 bits per heavy atom. The number of unbranched alkanes of at least 4 members (excludes halogenated alkanes) is 25. The Kier molecular flexibility index (Phi) is 29.7. The number of nitrogens with one attached hydrogen (secondary N) is 2. The van der Waals surface area contributed by atoms with Gasteiger partial charge in [-0.05, 0) is 37.5 Å². The van der Waals surface area contributed by atoms with E-state index in [0.29, 0.717) is 36.6 Å². The minimum Gasteiger partial charge on any atom is -0.493 e. The number of hydrogen-bond acceptors (Lipinski definition) is 3. The summed E-state index contributed by atoms with van der Waals surface area (Å²) in [7, 11) is 0. The molecule has 1 rings (SSSR count). The molecule has 2 N–H and O–H groups in total. The fraction of sp³-hybridized carbons (Fsp3) is 0.810. The van der Waals surface area contributed by atoms with Gasteiger partial charge >= 0.3 is 0 Å². The molecule has 1 aromatic rings. The fourth-order valence-electron chi connectivity index (χ4n) is 6.21. The smallest absolute Gasteiger partial charge is 0.255 e. The van der Waals surface area contributed by atoms with Crippen molar-refractivity contribution in [3.8, 4) is 5.75 Å². The van der Waals surface area contributed by atoms with Gasteiger partial charge in [-0.2, -0.15) is 0 Å². The van der Waals surface area contributed by atoms with Gasteiger partial charge in [-0.1, -0.05) is 181 Å². The molecule has 0 saturated carbocycles. The van der Waals surface area contributed by atoms with Crippen molar-refractivity contribution in [3.05, 3.63) is 29.3 Å². The third-order valence-corrected chi connectivity index (χ3v) is 9.38. The van der Waals surface area contributed by atoms with Crippen molar-refractivity contribution in [3.63, 3.8) is 0 Å². The van der Waals surface area contributed by atoms with E-state index in [1.54, 1.807) is 18.2 Å². The second kappa shape index (κ2) is 32.5. The van der Waals surface area contributed by atoms with Gasteiger partial charge in [0.25, 0.3) is 11.8 Å². The highest BCUT2D eigenvalue weighted by Crippen LogP contribution is 2.22. The van der Waals surface area contributed by atoms with E-state index in [1.165, 1.54) is 141 Å². The van der Waals surface area contributed by atoms with Crippen molar-refractivity contribution in [2.75, 3.05) is 19.7 Å². The molecule has 47 heavy (non-hydrogen) atoms. The Bertz CT molecular complexity index is 871. The number of carbonyl (C=O) groups excluding carboxylic acids is 2. The van der Waals surface area contributed by atoms with Crippen molar-refractivity contribution in [2.24, 2.45) is 0 Å². The number of rotatable bonds is 34. The van der Waals surface area contributed by atoms with Gasteiger partial charge in [0.1, 0.15) is 5.75 Å². The van der Waals surface area contributed by atoms with Gasteiger partial charge in [0.2, 0.25) is 0 Å². The Hall–Kier alpha value is -2.04. The molecule has 0 bridgehead atoms. The van der Waals surface area contributed by atoms with Gasteiger partial charge in [0, 0.05) is 18.7 Å². The van der Waals surface area contributed by atoms with Crippen molar-refractivity contribution in [1.82, 2.24) is 10.6 Å². The first-order chi connectivity index (χ1) is 23.1. The lowest BCUT2D eigenvalue weighted by Gasteiger charge is -2.14. The van der Waals surface area contributed by atoms with E-state index >= 15 is 0 Å². The highest BCUT2D eigenvalue weighted by molar-refractivity contribution is 6.00. The fourth-order valence-corrected chi connectivity index (χ4v) is 6.21. The zero-order valence-corrected chi connectivity index (χ0v) is 31.4. The Morgan fingerprint density at radius 1 is 0.468 bits per heavy atom. The van der Waals surface area contributed by atoms with E-state index in [-0.39, 0.29) is 11.8 Å². The first-order valence-electron chi connectivity index (χ1n) is 20.5.